The van der Waals surface area contributed by atoms with Gasteiger partial charge in [-0.15, -0.1) is 0 Å². The van der Waals surface area contributed by atoms with Gasteiger partial charge in [-0.1, -0.05) is 15.9 Å². The number of hydrogen-bond donors (Lipinski definition) is 2. The zero-order valence-corrected chi connectivity index (χ0v) is 13.3. The van der Waals surface area contributed by atoms with E-state index >= 15 is 0 Å². The summed E-state index contributed by atoms with van der Waals surface area (Å²) in [5.74, 6) is -0.593. The Balaban J connectivity index is 1.62. The second kappa shape index (κ2) is 6.02. The van der Waals surface area contributed by atoms with E-state index in [2.05, 4.69) is 26.1 Å². The molecule has 2 saturated heterocycles. The second-order valence-corrected chi connectivity index (χ2v) is 6.88. The minimum absolute atomic E-state index is 0.163. The van der Waals surface area contributed by atoms with Crippen LogP contribution in [0.5, 0.6) is 0 Å². The highest BCUT2D eigenvalue weighted by atomic mass is 79.9. The minimum atomic E-state index is -0.429. The summed E-state index contributed by atoms with van der Waals surface area (Å²) in [4.78, 5) is 14.4. The highest BCUT2D eigenvalue weighted by Crippen LogP contribution is 2.34. The van der Waals surface area contributed by atoms with Crippen LogP contribution in [0, 0.1) is 5.82 Å². The van der Waals surface area contributed by atoms with Crippen LogP contribution in [-0.2, 0) is 4.79 Å². The molecule has 114 valence electrons. The molecule has 4 nitrogen and oxygen atoms in total. The molecule has 2 bridgehead atoms. The zero-order valence-electron chi connectivity index (χ0n) is 11.7. The monoisotopic (exact) mass is 355 g/mol. The molecule has 0 spiro atoms. The number of hydrogen-bond acceptors (Lipinski definition) is 3. The van der Waals surface area contributed by atoms with Gasteiger partial charge in [0.25, 0.3) is 0 Å². The largest absolute Gasteiger partial charge is 0.328 e. The van der Waals surface area contributed by atoms with Crippen molar-refractivity contribution < 1.29 is 9.18 Å². The number of halogens is 2. The first-order chi connectivity index (χ1) is 10.0. The molecule has 2 aliphatic rings. The number of anilines is 1. The Labute approximate surface area is 132 Å². The van der Waals surface area contributed by atoms with Crippen molar-refractivity contribution >= 4 is 27.5 Å². The Morgan fingerprint density at radius 3 is 2.67 bits per heavy atom. The fraction of sp³-hybridized carbons (Fsp3) is 0.533. The van der Waals surface area contributed by atoms with E-state index in [1.807, 2.05) is 0 Å². The van der Waals surface area contributed by atoms with Gasteiger partial charge in [-0.25, -0.2) is 4.39 Å². The van der Waals surface area contributed by atoms with Crippen molar-refractivity contribution in [3.8, 4) is 0 Å². The minimum Gasteiger partial charge on any atom is -0.328 e. The molecule has 2 atom stereocenters. The quantitative estimate of drug-likeness (QED) is 0.875. The summed E-state index contributed by atoms with van der Waals surface area (Å²) < 4.78 is 14.4. The van der Waals surface area contributed by atoms with Crippen molar-refractivity contribution in [2.45, 2.75) is 43.8 Å². The molecule has 0 aliphatic carbocycles. The SMILES string of the molecule is NC1CC2CCC(C1)N2CC(=O)Nc1ccc(Br)cc1F. The molecular weight excluding hydrogens is 337 g/mol. The van der Waals surface area contributed by atoms with Crippen LogP contribution in [0.3, 0.4) is 0 Å². The van der Waals surface area contributed by atoms with Gasteiger partial charge < -0.3 is 11.1 Å². The molecule has 2 unspecified atom stereocenters. The summed E-state index contributed by atoms with van der Waals surface area (Å²) >= 11 is 3.20. The number of piperidine rings is 1. The lowest BCUT2D eigenvalue weighted by Crippen LogP contribution is -2.50. The highest BCUT2D eigenvalue weighted by Gasteiger charge is 2.40. The van der Waals surface area contributed by atoms with Crippen LogP contribution in [0.2, 0.25) is 0 Å². The van der Waals surface area contributed by atoms with Gasteiger partial charge in [-0.3, -0.25) is 9.69 Å². The summed E-state index contributed by atoms with van der Waals surface area (Å²) in [6.45, 7) is 0.317. The number of rotatable bonds is 3. The number of benzene rings is 1. The third-order valence-electron chi connectivity index (χ3n) is 4.45. The third kappa shape index (κ3) is 3.27. The normalized spacial score (nSPS) is 28.6. The Morgan fingerprint density at radius 1 is 1.38 bits per heavy atom. The third-order valence-corrected chi connectivity index (χ3v) is 4.95. The Morgan fingerprint density at radius 2 is 2.05 bits per heavy atom. The fourth-order valence-corrected chi connectivity index (χ4v) is 3.85. The van der Waals surface area contributed by atoms with E-state index < -0.39 is 5.82 Å². The molecule has 2 aliphatic heterocycles. The average Bonchev–Trinajstić information content (AvgIpc) is 2.66. The van der Waals surface area contributed by atoms with Crippen LogP contribution >= 0.6 is 15.9 Å². The molecule has 1 aromatic carbocycles. The van der Waals surface area contributed by atoms with Crippen molar-refractivity contribution in [3.63, 3.8) is 0 Å². The van der Waals surface area contributed by atoms with Gasteiger partial charge in [0, 0.05) is 22.6 Å². The number of carbonyl (C=O) groups is 1. The Hall–Kier alpha value is -0.980. The second-order valence-electron chi connectivity index (χ2n) is 5.96. The molecule has 1 aromatic rings. The Bertz CT molecular complexity index is 540. The van der Waals surface area contributed by atoms with Crippen molar-refractivity contribution in [3.05, 3.63) is 28.5 Å². The van der Waals surface area contributed by atoms with Gasteiger partial charge in [0.2, 0.25) is 5.91 Å². The van der Waals surface area contributed by atoms with Crippen LogP contribution in [-0.4, -0.2) is 35.5 Å². The van der Waals surface area contributed by atoms with Crippen LogP contribution in [0.25, 0.3) is 0 Å². The maximum atomic E-state index is 13.7. The molecule has 1 amide bonds. The predicted molar refractivity (Wildman–Crippen MR) is 83.5 cm³/mol. The molecule has 0 aromatic heterocycles. The fourth-order valence-electron chi connectivity index (χ4n) is 3.52. The lowest BCUT2D eigenvalue weighted by Gasteiger charge is -2.37. The van der Waals surface area contributed by atoms with Crippen molar-refractivity contribution in [1.29, 1.82) is 0 Å². The lowest BCUT2D eigenvalue weighted by molar-refractivity contribution is -0.118. The first-order valence-electron chi connectivity index (χ1n) is 7.29. The number of carbonyl (C=O) groups excluding carboxylic acids is 1. The first-order valence-corrected chi connectivity index (χ1v) is 8.08. The Kier molecular flexibility index (Phi) is 4.28. The van der Waals surface area contributed by atoms with Gasteiger partial charge in [-0.05, 0) is 43.9 Å². The van der Waals surface area contributed by atoms with Crippen LogP contribution in [0.1, 0.15) is 25.7 Å². The molecule has 2 heterocycles. The van der Waals surface area contributed by atoms with Crippen LogP contribution < -0.4 is 11.1 Å². The predicted octanol–water partition coefficient (Wildman–Crippen LogP) is 2.48. The summed E-state index contributed by atoms with van der Waals surface area (Å²) in [6, 6.07) is 5.68. The van der Waals surface area contributed by atoms with E-state index in [0.29, 0.717) is 23.1 Å². The van der Waals surface area contributed by atoms with Gasteiger partial charge >= 0.3 is 0 Å². The van der Waals surface area contributed by atoms with E-state index in [9.17, 15) is 9.18 Å². The number of nitrogens with one attached hydrogen (secondary N) is 1. The van der Waals surface area contributed by atoms with E-state index in [1.54, 1.807) is 12.1 Å². The van der Waals surface area contributed by atoms with Gasteiger partial charge in [0.05, 0.1) is 12.2 Å². The van der Waals surface area contributed by atoms with Crippen LogP contribution in [0.15, 0.2) is 22.7 Å². The van der Waals surface area contributed by atoms with Crippen molar-refractivity contribution in [2.75, 3.05) is 11.9 Å². The number of fused-ring (bicyclic) bond motifs is 2. The summed E-state index contributed by atoms with van der Waals surface area (Å²) in [7, 11) is 0. The standard InChI is InChI=1S/C15H19BrFN3O/c16-9-1-4-14(13(17)5-9)19-15(21)8-20-11-2-3-12(20)7-10(18)6-11/h1,4-5,10-12H,2-3,6-8,18H2,(H,19,21). The molecule has 3 rings (SSSR count). The number of nitrogens with two attached hydrogens (primary N) is 1. The first kappa shape index (κ1) is 14.9. The van der Waals surface area contributed by atoms with E-state index in [4.69, 9.17) is 5.73 Å². The molecule has 0 radical (unpaired) electrons. The smallest absolute Gasteiger partial charge is 0.238 e. The summed E-state index contributed by atoms with van der Waals surface area (Å²) in [5, 5.41) is 2.66. The number of nitrogens with zero attached hydrogens (tertiary/aromatic N) is 1. The molecular formula is C15H19BrFN3O. The molecule has 3 N–H and O–H groups in total. The lowest BCUT2D eigenvalue weighted by atomic mass is 9.98. The van der Waals surface area contributed by atoms with E-state index in [0.717, 1.165) is 25.7 Å². The summed E-state index contributed by atoms with van der Waals surface area (Å²) in [6.07, 6.45) is 4.13. The molecule has 21 heavy (non-hydrogen) atoms. The topological polar surface area (TPSA) is 58.4 Å². The van der Waals surface area contributed by atoms with Crippen molar-refractivity contribution in [2.24, 2.45) is 5.73 Å². The maximum Gasteiger partial charge on any atom is 0.238 e. The number of amides is 1. The molecule has 2 fully saturated rings. The zero-order chi connectivity index (χ0) is 15.0. The van der Waals surface area contributed by atoms with Gasteiger partial charge in [-0.2, -0.15) is 0 Å². The highest BCUT2D eigenvalue weighted by molar-refractivity contribution is 9.10. The van der Waals surface area contributed by atoms with Crippen LogP contribution in [0.4, 0.5) is 10.1 Å². The van der Waals surface area contributed by atoms with E-state index in [1.165, 1.54) is 6.07 Å². The van der Waals surface area contributed by atoms with E-state index in [-0.39, 0.29) is 17.6 Å². The van der Waals surface area contributed by atoms with Crippen molar-refractivity contribution in [1.82, 2.24) is 4.90 Å². The maximum absolute atomic E-state index is 13.7. The summed E-state index contributed by atoms with van der Waals surface area (Å²) in [5.41, 5.74) is 6.25. The van der Waals surface area contributed by atoms with Gasteiger partial charge in [0.1, 0.15) is 5.82 Å². The molecule has 6 heteroatoms. The molecule has 0 saturated carbocycles. The average molecular weight is 356 g/mol. The van der Waals surface area contributed by atoms with Gasteiger partial charge in [0.15, 0.2) is 0 Å².